The van der Waals surface area contributed by atoms with Gasteiger partial charge in [0, 0.05) is 12.0 Å². The van der Waals surface area contributed by atoms with Gasteiger partial charge in [0.1, 0.15) is 0 Å². The minimum atomic E-state index is -0.309. The van der Waals surface area contributed by atoms with Crippen molar-refractivity contribution in [1.29, 1.82) is 0 Å². The van der Waals surface area contributed by atoms with E-state index in [1.165, 1.54) is 83.1 Å². The van der Waals surface area contributed by atoms with Gasteiger partial charge in [-0.2, -0.15) is 0 Å². The van der Waals surface area contributed by atoms with E-state index < -0.39 is 0 Å². The fraction of sp³-hybridized carbons (Fsp3) is 0.850. The zero-order valence-corrected chi connectivity index (χ0v) is 15.9. The van der Waals surface area contributed by atoms with Crippen LogP contribution in [0.25, 0.3) is 0 Å². The topological polar surface area (TPSA) is 26.3 Å². The lowest BCUT2D eigenvalue weighted by molar-refractivity contribution is -0.142. The maximum atomic E-state index is 11.0. The van der Waals surface area contributed by atoms with Gasteiger partial charge in [-0.15, -0.1) is 11.6 Å². The van der Waals surface area contributed by atoms with Crippen molar-refractivity contribution in [3.05, 3.63) is 12.7 Å². The molecule has 23 heavy (non-hydrogen) atoms. The number of halogens is 1. The molecule has 0 amide bonds. The molecule has 0 fully saturated rings. The Labute approximate surface area is 149 Å². The van der Waals surface area contributed by atoms with Crippen molar-refractivity contribution in [2.24, 2.45) is 0 Å². The number of hydrogen-bond acceptors (Lipinski definition) is 2. The van der Waals surface area contributed by atoms with Crippen LogP contribution in [0, 0.1) is 0 Å². The van der Waals surface area contributed by atoms with Gasteiger partial charge in [0.15, 0.2) is 0 Å². The van der Waals surface area contributed by atoms with Crippen LogP contribution in [0.1, 0.15) is 96.8 Å². The van der Waals surface area contributed by atoms with E-state index in [0.29, 0.717) is 0 Å². The number of hydrogen-bond donors (Lipinski definition) is 0. The second-order valence-corrected chi connectivity index (χ2v) is 6.90. The molecule has 136 valence electrons. The largest absolute Gasteiger partial charge is 0.460 e. The Kier molecular flexibility index (Phi) is 17.5. The molecule has 1 atom stereocenters. The highest BCUT2D eigenvalue weighted by atomic mass is 35.5. The minimum Gasteiger partial charge on any atom is -0.460 e. The Morgan fingerprint density at radius 1 is 0.870 bits per heavy atom. The van der Waals surface area contributed by atoms with Crippen LogP contribution in [0.2, 0.25) is 0 Å². The fourth-order valence-electron chi connectivity index (χ4n) is 2.78. The third-order valence-corrected chi connectivity index (χ3v) is 4.50. The van der Waals surface area contributed by atoms with Crippen LogP contribution < -0.4 is 0 Å². The number of rotatable bonds is 17. The Bertz CT molecular complexity index is 279. The van der Waals surface area contributed by atoms with Crippen LogP contribution in [0.3, 0.4) is 0 Å². The Morgan fingerprint density at radius 3 is 1.65 bits per heavy atom. The van der Waals surface area contributed by atoms with Crippen LogP contribution in [-0.2, 0) is 9.53 Å². The average Bonchev–Trinajstić information content (AvgIpc) is 2.55. The number of ether oxygens (including phenoxy) is 1. The van der Waals surface area contributed by atoms with Gasteiger partial charge in [0.25, 0.3) is 0 Å². The molecule has 0 saturated carbocycles. The first-order valence-corrected chi connectivity index (χ1v) is 10.1. The standard InChI is InChI=1S/C20H37ClO2/c1-3-20(22)23-19(2)17-15-13-11-9-7-5-4-6-8-10-12-14-16-18-21/h3,19H,1,4-18H2,2H3. The molecule has 0 heterocycles. The van der Waals surface area contributed by atoms with E-state index in [1.807, 2.05) is 6.92 Å². The van der Waals surface area contributed by atoms with Crippen molar-refractivity contribution in [3.8, 4) is 0 Å². The molecule has 0 aromatic rings. The Morgan fingerprint density at radius 2 is 1.26 bits per heavy atom. The molecular formula is C20H37ClO2. The van der Waals surface area contributed by atoms with E-state index in [9.17, 15) is 4.79 Å². The molecule has 0 aliphatic carbocycles. The van der Waals surface area contributed by atoms with Crippen molar-refractivity contribution >= 4 is 17.6 Å². The van der Waals surface area contributed by atoms with Crippen molar-refractivity contribution in [3.63, 3.8) is 0 Å². The van der Waals surface area contributed by atoms with Gasteiger partial charge >= 0.3 is 5.97 Å². The molecule has 0 saturated heterocycles. The van der Waals surface area contributed by atoms with Crippen LogP contribution in [0.5, 0.6) is 0 Å². The molecule has 0 aliphatic rings. The molecule has 0 aromatic carbocycles. The van der Waals surface area contributed by atoms with Gasteiger partial charge in [0.05, 0.1) is 6.10 Å². The fourth-order valence-corrected chi connectivity index (χ4v) is 2.97. The monoisotopic (exact) mass is 344 g/mol. The first-order chi connectivity index (χ1) is 11.2. The summed E-state index contributed by atoms with van der Waals surface area (Å²) < 4.78 is 5.15. The van der Waals surface area contributed by atoms with Crippen molar-refractivity contribution < 1.29 is 9.53 Å². The molecular weight excluding hydrogens is 308 g/mol. The number of carbonyl (C=O) groups is 1. The molecule has 0 bridgehead atoms. The summed E-state index contributed by atoms with van der Waals surface area (Å²) in [5, 5.41) is 0. The van der Waals surface area contributed by atoms with Crippen molar-refractivity contribution in [1.82, 2.24) is 0 Å². The van der Waals surface area contributed by atoms with Gasteiger partial charge in [-0.25, -0.2) is 4.79 Å². The zero-order chi connectivity index (χ0) is 17.2. The minimum absolute atomic E-state index is 0.0185. The van der Waals surface area contributed by atoms with Gasteiger partial charge in [-0.3, -0.25) is 0 Å². The lowest BCUT2D eigenvalue weighted by Crippen LogP contribution is -2.12. The molecule has 3 heteroatoms. The van der Waals surface area contributed by atoms with Gasteiger partial charge < -0.3 is 4.74 Å². The summed E-state index contributed by atoms with van der Waals surface area (Å²) in [7, 11) is 0. The van der Waals surface area contributed by atoms with Crippen molar-refractivity contribution in [2.75, 3.05) is 5.88 Å². The molecule has 0 aliphatic heterocycles. The van der Waals surface area contributed by atoms with Gasteiger partial charge in [0.2, 0.25) is 0 Å². The second-order valence-electron chi connectivity index (χ2n) is 6.53. The molecule has 0 spiro atoms. The summed E-state index contributed by atoms with van der Waals surface area (Å²) in [6.45, 7) is 5.36. The molecule has 0 radical (unpaired) electrons. The van der Waals surface area contributed by atoms with E-state index in [4.69, 9.17) is 16.3 Å². The summed E-state index contributed by atoms with van der Waals surface area (Å²) in [6.07, 6.45) is 19.4. The predicted molar refractivity (Wildman–Crippen MR) is 101 cm³/mol. The van der Waals surface area contributed by atoms with E-state index in [2.05, 4.69) is 6.58 Å². The van der Waals surface area contributed by atoms with Crippen LogP contribution in [-0.4, -0.2) is 18.0 Å². The first kappa shape index (κ1) is 22.5. The van der Waals surface area contributed by atoms with Crippen molar-refractivity contribution in [2.45, 2.75) is 103 Å². The first-order valence-electron chi connectivity index (χ1n) is 9.59. The van der Waals surface area contributed by atoms with Crippen LogP contribution >= 0.6 is 11.6 Å². The van der Waals surface area contributed by atoms with E-state index in [1.54, 1.807) is 0 Å². The lowest BCUT2D eigenvalue weighted by Gasteiger charge is -2.11. The summed E-state index contributed by atoms with van der Waals surface area (Å²) in [4.78, 5) is 11.0. The third kappa shape index (κ3) is 17.7. The van der Waals surface area contributed by atoms with E-state index in [-0.39, 0.29) is 12.1 Å². The average molecular weight is 345 g/mol. The van der Waals surface area contributed by atoms with Gasteiger partial charge in [-0.05, 0) is 26.2 Å². The highest BCUT2D eigenvalue weighted by Gasteiger charge is 2.05. The smallest absolute Gasteiger partial charge is 0.330 e. The Balaban J connectivity index is 3.13. The summed E-state index contributed by atoms with van der Waals surface area (Å²) in [5.41, 5.74) is 0. The summed E-state index contributed by atoms with van der Waals surface area (Å²) >= 11 is 5.66. The predicted octanol–water partition coefficient (Wildman–Crippen LogP) is 6.80. The molecule has 2 nitrogen and oxygen atoms in total. The Hall–Kier alpha value is -0.500. The lowest BCUT2D eigenvalue weighted by atomic mass is 10.0. The third-order valence-electron chi connectivity index (χ3n) is 4.23. The van der Waals surface area contributed by atoms with E-state index >= 15 is 0 Å². The van der Waals surface area contributed by atoms with Gasteiger partial charge in [-0.1, -0.05) is 77.2 Å². The summed E-state index contributed by atoms with van der Waals surface area (Å²) in [5.74, 6) is 0.510. The highest BCUT2D eigenvalue weighted by molar-refractivity contribution is 6.17. The highest BCUT2D eigenvalue weighted by Crippen LogP contribution is 2.14. The molecule has 0 rings (SSSR count). The molecule has 1 unspecified atom stereocenters. The SMILES string of the molecule is C=CC(=O)OC(C)CCCCCCCCCCCCCCCCl. The number of unbranched alkanes of at least 4 members (excludes halogenated alkanes) is 12. The maximum Gasteiger partial charge on any atom is 0.330 e. The number of carbonyl (C=O) groups excluding carboxylic acids is 1. The zero-order valence-electron chi connectivity index (χ0n) is 15.2. The molecule has 0 N–H and O–H groups in total. The number of alkyl halides is 1. The quantitative estimate of drug-likeness (QED) is 0.125. The normalized spacial score (nSPS) is 12.1. The second kappa shape index (κ2) is 17.8. The molecule has 0 aromatic heterocycles. The van der Waals surface area contributed by atoms with E-state index in [0.717, 1.165) is 18.7 Å². The number of esters is 1. The van der Waals surface area contributed by atoms with Crippen LogP contribution in [0.15, 0.2) is 12.7 Å². The summed E-state index contributed by atoms with van der Waals surface area (Å²) in [6, 6.07) is 0. The van der Waals surface area contributed by atoms with Crippen LogP contribution in [0.4, 0.5) is 0 Å². The maximum absolute atomic E-state index is 11.0.